The molecule has 0 aliphatic heterocycles. The molecule has 8 heteroatoms. The van der Waals surface area contributed by atoms with Gasteiger partial charge in [0.05, 0.1) is 0 Å². The van der Waals surface area contributed by atoms with E-state index in [4.69, 9.17) is 0 Å². The van der Waals surface area contributed by atoms with Crippen LogP contribution in [0.3, 0.4) is 0 Å². The summed E-state index contributed by atoms with van der Waals surface area (Å²) in [5.74, 6) is 0.756. The fourth-order valence-electron chi connectivity index (χ4n) is 1.57. The fraction of sp³-hybridized carbons (Fsp3) is 0.500. The summed E-state index contributed by atoms with van der Waals surface area (Å²) < 4.78 is 40.9. The fourth-order valence-corrected chi connectivity index (χ4v) is 1.57. The average molecular weight is 431 g/mol. The SMILES string of the molecule is CN=C(NCc1ccccc1OC(F)(F)F)NCC(C)C.I. The van der Waals surface area contributed by atoms with Gasteiger partial charge in [0.15, 0.2) is 5.96 Å². The minimum atomic E-state index is -4.70. The summed E-state index contributed by atoms with van der Waals surface area (Å²) in [7, 11) is 1.60. The van der Waals surface area contributed by atoms with Gasteiger partial charge in [-0.05, 0) is 12.0 Å². The standard InChI is InChI=1S/C14H20F3N3O.HI/c1-10(2)8-19-13(18-3)20-9-11-6-4-5-7-12(11)21-14(15,16)17;/h4-7,10H,8-9H2,1-3H3,(H2,18,19,20);1H. The number of halogens is 4. The van der Waals surface area contributed by atoms with Gasteiger partial charge in [-0.2, -0.15) is 0 Å². The number of rotatable bonds is 5. The van der Waals surface area contributed by atoms with Crippen molar-refractivity contribution < 1.29 is 17.9 Å². The Morgan fingerprint density at radius 3 is 2.41 bits per heavy atom. The Balaban J connectivity index is 0.00000441. The molecule has 0 aliphatic carbocycles. The van der Waals surface area contributed by atoms with Crippen molar-refractivity contribution in [1.82, 2.24) is 10.6 Å². The van der Waals surface area contributed by atoms with E-state index in [1.807, 2.05) is 13.8 Å². The van der Waals surface area contributed by atoms with Gasteiger partial charge in [0.25, 0.3) is 0 Å². The highest BCUT2D eigenvalue weighted by molar-refractivity contribution is 14.0. The first-order valence-corrected chi connectivity index (χ1v) is 6.60. The second-order valence-electron chi connectivity index (χ2n) is 4.86. The van der Waals surface area contributed by atoms with E-state index in [0.29, 0.717) is 17.4 Å². The van der Waals surface area contributed by atoms with Crippen molar-refractivity contribution in [2.45, 2.75) is 26.8 Å². The summed E-state index contributed by atoms with van der Waals surface area (Å²) in [6, 6.07) is 6.01. The highest BCUT2D eigenvalue weighted by Crippen LogP contribution is 2.25. The van der Waals surface area contributed by atoms with Crippen molar-refractivity contribution in [2.75, 3.05) is 13.6 Å². The molecule has 0 radical (unpaired) electrons. The normalized spacial score (nSPS) is 11.9. The molecule has 126 valence electrons. The first kappa shape index (κ1) is 20.8. The lowest BCUT2D eigenvalue weighted by Gasteiger charge is -2.16. The Morgan fingerprint density at radius 1 is 1.23 bits per heavy atom. The Kier molecular flexibility index (Phi) is 9.22. The number of hydrogen-bond acceptors (Lipinski definition) is 2. The molecule has 4 nitrogen and oxygen atoms in total. The van der Waals surface area contributed by atoms with Crippen LogP contribution in [0, 0.1) is 5.92 Å². The zero-order valence-corrected chi connectivity index (χ0v) is 15.0. The molecule has 2 N–H and O–H groups in total. The molecule has 1 rings (SSSR count). The van der Waals surface area contributed by atoms with Crippen LogP contribution in [0.1, 0.15) is 19.4 Å². The zero-order chi connectivity index (χ0) is 15.9. The third-order valence-corrected chi connectivity index (χ3v) is 2.55. The van der Waals surface area contributed by atoms with Crippen LogP contribution in [0.5, 0.6) is 5.75 Å². The van der Waals surface area contributed by atoms with Crippen LogP contribution in [0.25, 0.3) is 0 Å². The van der Waals surface area contributed by atoms with Crippen molar-refractivity contribution in [2.24, 2.45) is 10.9 Å². The van der Waals surface area contributed by atoms with Crippen LogP contribution in [0.2, 0.25) is 0 Å². The number of aliphatic imine (C=N–C) groups is 1. The highest BCUT2D eigenvalue weighted by Gasteiger charge is 2.31. The smallest absolute Gasteiger partial charge is 0.405 e. The lowest BCUT2D eigenvalue weighted by molar-refractivity contribution is -0.274. The molecule has 0 saturated carbocycles. The molecule has 0 amide bonds. The van der Waals surface area contributed by atoms with Crippen LogP contribution >= 0.6 is 24.0 Å². The number of nitrogens with zero attached hydrogens (tertiary/aromatic N) is 1. The van der Waals surface area contributed by atoms with E-state index in [9.17, 15) is 13.2 Å². The van der Waals surface area contributed by atoms with Crippen molar-refractivity contribution in [3.63, 3.8) is 0 Å². The number of ether oxygens (including phenoxy) is 1. The Hall–Kier alpha value is -1.19. The predicted molar refractivity (Wildman–Crippen MR) is 91.6 cm³/mol. The summed E-state index contributed by atoms with van der Waals surface area (Å²) in [5, 5.41) is 6.04. The number of benzene rings is 1. The summed E-state index contributed by atoms with van der Waals surface area (Å²) in [6.07, 6.45) is -4.70. The summed E-state index contributed by atoms with van der Waals surface area (Å²) >= 11 is 0. The molecule has 0 aliphatic rings. The van der Waals surface area contributed by atoms with Gasteiger partial charge in [0.2, 0.25) is 0 Å². The second kappa shape index (κ2) is 9.75. The van der Waals surface area contributed by atoms with Gasteiger partial charge < -0.3 is 15.4 Å². The number of guanidine groups is 1. The Bertz CT molecular complexity index is 479. The lowest BCUT2D eigenvalue weighted by atomic mass is 10.2. The van der Waals surface area contributed by atoms with Crippen molar-refractivity contribution in [1.29, 1.82) is 0 Å². The molecule has 0 atom stereocenters. The molecule has 0 aromatic heterocycles. The van der Waals surface area contributed by atoms with Crippen LogP contribution in [-0.2, 0) is 6.54 Å². The first-order valence-electron chi connectivity index (χ1n) is 6.60. The van der Waals surface area contributed by atoms with Crippen LogP contribution in [0.4, 0.5) is 13.2 Å². The maximum Gasteiger partial charge on any atom is 0.573 e. The highest BCUT2D eigenvalue weighted by atomic mass is 127. The minimum absolute atomic E-state index is 0. The monoisotopic (exact) mass is 431 g/mol. The number of para-hydroxylation sites is 1. The van der Waals surface area contributed by atoms with E-state index in [1.54, 1.807) is 19.2 Å². The molecule has 0 unspecified atom stereocenters. The lowest BCUT2D eigenvalue weighted by Crippen LogP contribution is -2.38. The molecule has 0 saturated heterocycles. The van der Waals surface area contributed by atoms with Gasteiger partial charge in [-0.3, -0.25) is 4.99 Å². The van der Waals surface area contributed by atoms with Gasteiger partial charge in [-0.25, -0.2) is 0 Å². The van der Waals surface area contributed by atoms with Crippen molar-refractivity contribution >= 4 is 29.9 Å². The molecule has 0 fully saturated rings. The third kappa shape index (κ3) is 8.30. The van der Waals surface area contributed by atoms with Gasteiger partial charge in [0.1, 0.15) is 5.75 Å². The van der Waals surface area contributed by atoms with Crippen LogP contribution < -0.4 is 15.4 Å². The van der Waals surface area contributed by atoms with E-state index < -0.39 is 6.36 Å². The zero-order valence-electron chi connectivity index (χ0n) is 12.7. The average Bonchev–Trinajstić information content (AvgIpc) is 2.38. The third-order valence-electron chi connectivity index (χ3n) is 2.55. The summed E-state index contributed by atoms with van der Waals surface area (Å²) in [6.45, 7) is 5.00. The van der Waals surface area contributed by atoms with E-state index in [0.717, 1.165) is 6.54 Å². The van der Waals surface area contributed by atoms with Crippen LogP contribution in [0.15, 0.2) is 29.3 Å². The molecular formula is C14H21F3IN3O. The number of nitrogens with one attached hydrogen (secondary N) is 2. The van der Waals surface area contributed by atoms with Gasteiger partial charge in [-0.1, -0.05) is 32.0 Å². The van der Waals surface area contributed by atoms with E-state index in [2.05, 4.69) is 20.4 Å². The molecule has 0 spiro atoms. The topological polar surface area (TPSA) is 45.7 Å². The molecule has 0 bridgehead atoms. The summed E-state index contributed by atoms with van der Waals surface area (Å²) in [5.41, 5.74) is 0.405. The molecular weight excluding hydrogens is 410 g/mol. The second-order valence-corrected chi connectivity index (χ2v) is 4.86. The molecule has 1 aromatic carbocycles. The van der Waals surface area contributed by atoms with E-state index >= 15 is 0 Å². The van der Waals surface area contributed by atoms with Gasteiger partial charge in [-0.15, -0.1) is 37.1 Å². The van der Waals surface area contributed by atoms with Crippen molar-refractivity contribution in [3.05, 3.63) is 29.8 Å². The van der Waals surface area contributed by atoms with Crippen LogP contribution in [-0.4, -0.2) is 25.9 Å². The Labute approximate surface area is 145 Å². The van der Waals surface area contributed by atoms with Gasteiger partial charge in [0, 0.05) is 25.7 Å². The van der Waals surface area contributed by atoms with Gasteiger partial charge >= 0.3 is 6.36 Å². The van der Waals surface area contributed by atoms with E-state index in [1.165, 1.54) is 12.1 Å². The van der Waals surface area contributed by atoms with Crippen molar-refractivity contribution in [3.8, 4) is 5.75 Å². The molecule has 1 aromatic rings. The maximum atomic E-state index is 12.3. The van der Waals surface area contributed by atoms with E-state index in [-0.39, 0.29) is 36.3 Å². The maximum absolute atomic E-state index is 12.3. The molecule has 22 heavy (non-hydrogen) atoms. The summed E-state index contributed by atoms with van der Waals surface area (Å²) in [4.78, 5) is 4.01. The minimum Gasteiger partial charge on any atom is -0.405 e. The largest absolute Gasteiger partial charge is 0.573 e. The predicted octanol–water partition coefficient (Wildman–Crippen LogP) is 3.52. The number of alkyl halides is 3. The first-order chi connectivity index (χ1) is 9.81. The molecule has 0 heterocycles. The Morgan fingerprint density at radius 2 is 1.86 bits per heavy atom. The number of hydrogen-bond donors (Lipinski definition) is 2. The quantitative estimate of drug-likeness (QED) is 0.426.